The number of nitrogen functional groups attached to an aromatic ring is 1. The normalized spacial score (nSPS) is 12.9. The largest absolute Gasteiger partial charge is 0.490 e. The molecule has 0 aliphatic heterocycles. The van der Waals surface area contributed by atoms with Crippen LogP contribution in [0, 0.1) is 0 Å². The molecule has 0 saturated heterocycles. The maximum absolute atomic E-state index is 10.3. The summed E-state index contributed by atoms with van der Waals surface area (Å²) in [6, 6.07) is 22.0. The molecule has 0 aliphatic rings. The monoisotopic (exact) mass is 364 g/mol. The van der Waals surface area contributed by atoms with Gasteiger partial charge in [0.25, 0.3) is 0 Å². The van der Waals surface area contributed by atoms with E-state index in [1.165, 1.54) is 5.56 Å². The van der Waals surface area contributed by atoms with E-state index < -0.39 is 6.10 Å². The number of hydrogen-bond donors (Lipinski definition) is 3. The van der Waals surface area contributed by atoms with E-state index in [0.717, 1.165) is 28.6 Å². The second kappa shape index (κ2) is 8.42. The van der Waals surface area contributed by atoms with Crippen molar-refractivity contribution in [1.29, 1.82) is 0 Å². The van der Waals surface area contributed by atoms with Gasteiger partial charge in [0.05, 0.1) is 0 Å². The summed E-state index contributed by atoms with van der Waals surface area (Å²) >= 11 is 0. The average molecular weight is 364 g/mol. The summed E-state index contributed by atoms with van der Waals surface area (Å²) in [5.41, 5.74) is 7.58. The van der Waals surface area contributed by atoms with E-state index >= 15 is 0 Å². The molecule has 0 fully saturated rings. The third kappa shape index (κ3) is 5.46. The van der Waals surface area contributed by atoms with E-state index in [0.29, 0.717) is 6.54 Å². The zero-order chi connectivity index (χ0) is 19.3. The van der Waals surface area contributed by atoms with Gasteiger partial charge in [-0.25, -0.2) is 0 Å². The zero-order valence-corrected chi connectivity index (χ0v) is 16.0. The number of hydrogen-bond acceptors (Lipinski definition) is 4. The van der Waals surface area contributed by atoms with Crippen LogP contribution in [-0.2, 0) is 6.42 Å². The lowest BCUT2D eigenvalue weighted by Gasteiger charge is -2.28. The first kappa shape index (κ1) is 19.2. The molecule has 4 N–H and O–H groups in total. The van der Waals surface area contributed by atoms with Crippen LogP contribution >= 0.6 is 0 Å². The summed E-state index contributed by atoms with van der Waals surface area (Å²) in [5, 5.41) is 16.0. The third-order valence-electron chi connectivity index (χ3n) is 4.62. The molecule has 0 aromatic heterocycles. The molecule has 142 valence electrons. The molecule has 3 aromatic rings. The smallest absolute Gasteiger partial charge is 0.127 e. The lowest BCUT2D eigenvalue weighted by molar-refractivity contribution is 0.0996. The Morgan fingerprint density at radius 2 is 1.70 bits per heavy atom. The van der Waals surface area contributed by atoms with Crippen LogP contribution in [0.5, 0.6) is 5.75 Å². The number of aliphatic hydroxyl groups is 1. The number of rotatable bonds is 8. The highest BCUT2D eigenvalue weighted by Gasteiger charge is 2.19. The van der Waals surface area contributed by atoms with Crippen molar-refractivity contribution < 1.29 is 9.84 Å². The molecule has 3 aromatic carbocycles. The molecule has 0 heterocycles. The fraction of sp³-hybridized carbons (Fsp3) is 0.304. The van der Waals surface area contributed by atoms with Gasteiger partial charge in [0.1, 0.15) is 18.5 Å². The second-order valence-corrected chi connectivity index (χ2v) is 7.63. The van der Waals surface area contributed by atoms with Gasteiger partial charge >= 0.3 is 0 Å². The minimum absolute atomic E-state index is 0.142. The van der Waals surface area contributed by atoms with Crippen molar-refractivity contribution in [2.75, 3.05) is 18.9 Å². The van der Waals surface area contributed by atoms with Crippen molar-refractivity contribution in [2.24, 2.45) is 0 Å². The Morgan fingerprint density at radius 1 is 1.00 bits per heavy atom. The Kier molecular flexibility index (Phi) is 5.99. The standard InChI is InChI=1S/C23H28N2O2/c1-23(2,14-17-10-12-19(24)13-11-17)25-15-20(26)16-27-22-9-5-7-18-6-3-4-8-21(18)22/h3-13,20,25-26H,14-16,24H2,1-2H3. The molecule has 0 aliphatic carbocycles. The van der Waals surface area contributed by atoms with Crippen LogP contribution in [0.1, 0.15) is 19.4 Å². The summed E-state index contributed by atoms with van der Waals surface area (Å²) in [4.78, 5) is 0. The second-order valence-electron chi connectivity index (χ2n) is 7.63. The number of anilines is 1. The van der Waals surface area contributed by atoms with Gasteiger partial charge in [-0.3, -0.25) is 0 Å². The molecule has 0 bridgehead atoms. The molecule has 0 saturated carbocycles. The van der Waals surface area contributed by atoms with Crippen LogP contribution in [0.3, 0.4) is 0 Å². The Labute approximate surface area is 161 Å². The lowest BCUT2D eigenvalue weighted by Crippen LogP contribution is -2.46. The number of ether oxygens (including phenoxy) is 1. The minimum atomic E-state index is -0.588. The van der Waals surface area contributed by atoms with Crippen LogP contribution in [-0.4, -0.2) is 29.9 Å². The SMILES string of the molecule is CC(C)(Cc1ccc(N)cc1)NCC(O)COc1cccc2ccccc12. The van der Waals surface area contributed by atoms with Crippen molar-refractivity contribution in [3.05, 3.63) is 72.3 Å². The molecule has 1 unspecified atom stereocenters. The highest BCUT2D eigenvalue weighted by molar-refractivity contribution is 5.88. The van der Waals surface area contributed by atoms with Crippen molar-refractivity contribution in [3.8, 4) is 5.75 Å². The number of benzene rings is 3. The molecule has 1 atom stereocenters. The van der Waals surface area contributed by atoms with Gasteiger partial charge in [0.2, 0.25) is 0 Å². The van der Waals surface area contributed by atoms with Crippen molar-refractivity contribution in [3.63, 3.8) is 0 Å². The molecule has 0 radical (unpaired) electrons. The number of nitrogens with two attached hydrogens (primary N) is 1. The van der Waals surface area contributed by atoms with Gasteiger partial charge < -0.3 is 20.9 Å². The van der Waals surface area contributed by atoms with E-state index in [4.69, 9.17) is 10.5 Å². The van der Waals surface area contributed by atoms with Crippen molar-refractivity contribution in [2.45, 2.75) is 31.9 Å². The summed E-state index contributed by atoms with van der Waals surface area (Å²) in [6.45, 7) is 4.97. The molecule has 0 amide bonds. The van der Waals surface area contributed by atoms with E-state index in [9.17, 15) is 5.11 Å². The summed E-state index contributed by atoms with van der Waals surface area (Å²) < 4.78 is 5.87. The maximum atomic E-state index is 10.3. The molecule has 4 heteroatoms. The van der Waals surface area contributed by atoms with E-state index in [1.807, 2.05) is 54.6 Å². The molecular weight excluding hydrogens is 336 g/mol. The molecular formula is C23H28N2O2. The van der Waals surface area contributed by atoms with E-state index in [2.05, 4.69) is 31.3 Å². The predicted octanol–water partition coefficient (Wildman–Crippen LogP) is 3.77. The number of aliphatic hydroxyl groups excluding tert-OH is 1. The van der Waals surface area contributed by atoms with Crippen LogP contribution in [0.2, 0.25) is 0 Å². The number of β-amino-alcohol motifs (C(OH)–C–C–N with tert-alkyl or cyclic N) is 1. The fourth-order valence-electron chi connectivity index (χ4n) is 3.17. The summed E-state index contributed by atoms with van der Waals surface area (Å²) in [6.07, 6.45) is 0.263. The first-order valence-corrected chi connectivity index (χ1v) is 9.31. The van der Waals surface area contributed by atoms with Crippen LogP contribution in [0.4, 0.5) is 5.69 Å². The third-order valence-corrected chi connectivity index (χ3v) is 4.62. The van der Waals surface area contributed by atoms with Crippen molar-refractivity contribution in [1.82, 2.24) is 5.32 Å². The van der Waals surface area contributed by atoms with E-state index in [-0.39, 0.29) is 12.1 Å². The van der Waals surface area contributed by atoms with Gasteiger partial charge in [0.15, 0.2) is 0 Å². The molecule has 4 nitrogen and oxygen atoms in total. The predicted molar refractivity (Wildman–Crippen MR) is 112 cm³/mol. The molecule has 27 heavy (non-hydrogen) atoms. The van der Waals surface area contributed by atoms with E-state index in [1.54, 1.807) is 0 Å². The van der Waals surface area contributed by atoms with Crippen molar-refractivity contribution >= 4 is 16.5 Å². The zero-order valence-electron chi connectivity index (χ0n) is 16.0. The Balaban J connectivity index is 1.51. The van der Waals surface area contributed by atoms with Gasteiger partial charge in [-0.1, -0.05) is 48.5 Å². The van der Waals surface area contributed by atoms with Gasteiger partial charge in [-0.15, -0.1) is 0 Å². The van der Waals surface area contributed by atoms with Crippen LogP contribution < -0.4 is 15.8 Å². The molecule has 0 spiro atoms. The Morgan fingerprint density at radius 3 is 2.48 bits per heavy atom. The number of fused-ring (bicyclic) bond motifs is 1. The first-order valence-electron chi connectivity index (χ1n) is 9.31. The lowest BCUT2D eigenvalue weighted by atomic mass is 9.94. The average Bonchev–Trinajstić information content (AvgIpc) is 2.66. The summed E-state index contributed by atoms with van der Waals surface area (Å²) in [5.74, 6) is 0.799. The quantitative estimate of drug-likeness (QED) is 0.532. The minimum Gasteiger partial charge on any atom is -0.490 e. The fourth-order valence-corrected chi connectivity index (χ4v) is 3.17. The Hall–Kier alpha value is -2.56. The highest BCUT2D eigenvalue weighted by Crippen LogP contribution is 2.25. The number of nitrogens with one attached hydrogen (secondary N) is 1. The maximum Gasteiger partial charge on any atom is 0.127 e. The van der Waals surface area contributed by atoms with Gasteiger partial charge in [0, 0.05) is 23.2 Å². The Bertz CT molecular complexity index is 870. The topological polar surface area (TPSA) is 67.5 Å². The highest BCUT2D eigenvalue weighted by atomic mass is 16.5. The van der Waals surface area contributed by atoms with Crippen LogP contribution in [0.15, 0.2) is 66.7 Å². The summed E-state index contributed by atoms with van der Waals surface area (Å²) in [7, 11) is 0. The van der Waals surface area contributed by atoms with Gasteiger partial charge in [-0.05, 0) is 49.4 Å². The van der Waals surface area contributed by atoms with Gasteiger partial charge in [-0.2, -0.15) is 0 Å². The first-order chi connectivity index (χ1) is 12.9. The molecule has 3 rings (SSSR count). The van der Waals surface area contributed by atoms with Crippen LogP contribution in [0.25, 0.3) is 10.8 Å².